The van der Waals surface area contributed by atoms with Crippen molar-refractivity contribution in [2.24, 2.45) is 0 Å². The summed E-state index contributed by atoms with van der Waals surface area (Å²) in [5, 5.41) is 9.34. The molecule has 1 saturated heterocycles. The van der Waals surface area contributed by atoms with Crippen molar-refractivity contribution in [1.29, 1.82) is 0 Å². The zero-order valence-electron chi connectivity index (χ0n) is 6.63. The van der Waals surface area contributed by atoms with Crippen LogP contribution in [0.25, 0.3) is 0 Å². The van der Waals surface area contributed by atoms with Gasteiger partial charge in [-0.2, -0.15) is 0 Å². The summed E-state index contributed by atoms with van der Waals surface area (Å²) < 4.78 is 0. The Kier molecular flexibility index (Phi) is 1.72. The van der Waals surface area contributed by atoms with Crippen LogP contribution in [0, 0.1) is 0 Å². The maximum absolute atomic E-state index is 11.1. The topological polar surface area (TPSA) is 57.6 Å². The van der Waals surface area contributed by atoms with Crippen LogP contribution in [-0.4, -0.2) is 34.0 Å². The minimum absolute atomic E-state index is 0.298. The zero-order valence-corrected chi connectivity index (χ0v) is 6.63. The van der Waals surface area contributed by atoms with Crippen LogP contribution < -0.4 is 0 Å². The predicted octanol–water partition coefficient (Wildman–Crippen LogP) is -0.484. The van der Waals surface area contributed by atoms with E-state index < -0.39 is 11.5 Å². The summed E-state index contributed by atoms with van der Waals surface area (Å²) in [5.41, 5.74) is -1.33. The van der Waals surface area contributed by atoms with Crippen LogP contribution >= 0.6 is 0 Å². The van der Waals surface area contributed by atoms with E-state index >= 15 is 0 Å². The van der Waals surface area contributed by atoms with Gasteiger partial charge in [0.25, 0.3) is 5.91 Å². The van der Waals surface area contributed by atoms with Gasteiger partial charge in [0.1, 0.15) is 5.60 Å². The fourth-order valence-corrected chi connectivity index (χ4v) is 1.13. The number of carbonyl (C=O) groups is 2. The molecular weight excluding hydrogens is 146 g/mol. The van der Waals surface area contributed by atoms with Crippen LogP contribution in [0.2, 0.25) is 0 Å². The molecule has 0 aromatic rings. The second kappa shape index (κ2) is 2.30. The van der Waals surface area contributed by atoms with Gasteiger partial charge < -0.3 is 5.11 Å². The third-order valence-corrected chi connectivity index (χ3v) is 1.91. The summed E-state index contributed by atoms with van der Waals surface area (Å²) in [6, 6.07) is 0. The highest BCUT2D eigenvalue weighted by Gasteiger charge is 2.42. The molecule has 1 unspecified atom stereocenters. The molecule has 1 heterocycles. The van der Waals surface area contributed by atoms with Crippen LogP contribution in [0.4, 0.5) is 0 Å². The predicted molar refractivity (Wildman–Crippen MR) is 37.6 cm³/mol. The van der Waals surface area contributed by atoms with Gasteiger partial charge in [0.2, 0.25) is 5.91 Å². The largest absolute Gasteiger partial charge is 0.380 e. The Bertz CT molecular complexity index is 210. The van der Waals surface area contributed by atoms with Crippen molar-refractivity contribution < 1.29 is 14.7 Å². The second-order valence-electron chi connectivity index (χ2n) is 3.00. The SMILES string of the molecule is CC(=O)N1CCC(C)(O)C1=O. The lowest BCUT2D eigenvalue weighted by atomic mass is 10.1. The van der Waals surface area contributed by atoms with Gasteiger partial charge in [-0.05, 0) is 6.92 Å². The number of nitrogens with zero attached hydrogens (tertiary/aromatic N) is 1. The van der Waals surface area contributed by atoms with E-state index in [0.717, 1.165) is 4.90 Å². The maximum atomic E-state index is 11.1. The second-order valence-corrected chi connectivity index (χ2v) is 3.00. The molecule has 1 rings (SSSR count). The molecule has 4 heteroatoms. The van der Waals surface area contributed by atoms with Crippen molar-refractivity contribution in [1.82, 2.24) is 4.90 Å². The Morgan fingerprint density at radius 3 is 2.45 bits per heavy atom. The van der Waals surface area contributed by atoms with Gasteiger partial charge in [-0.15, -0.1) is 0 Å². The third kappa shape index (κ3) is 1.26. The Balaban J connectivity index is 2.79. The minimum atomic E-state index is -1.33. The molecule has 0 aromatic carbocycles. The molecule has 2 amide bonds. The van der Waals surface area contributed by atoms with Crippen LogP contribution in [-0.2, 0) is 9.59 Å². The lowest BCUT2D eigenvalue weighted by Gasteiger charge is -2.14. The molecule has 1 N–H and O–H groups in total. The molecule has 1 aliphatic heterocycles. The number of imide groups is 1. The van der Waals surface area contributed by atoms with Crippen LogP contribution in [0.5, 0.6) is 0 Å². The molecule has 0 aromatic heterocycles. The van der Waals surface area contributed by atoms with E-state index in [1.807, 2.05) is 0 Å². The smallest absolute Gasteiger partial charge is 0.260 e. The molecule has 1 fully saturated rings. The van der Waals surface area contributed by atoms with Crippen molar-refractivity contribution in [3.05, 3.63) is 0 Å². The first-order valence-corrected chi connectivity index (χ1v) is 3.50. The highest BCUT2D eigenvalue weighted by Crippen LogP contribution is 2.21. The van der Waals surface area contributed by atoms with Gasteiger partial charge >= 0.3 is 0 Å². The summed E-state index contributed by atoms with van der Waals surface area (Å²) >= 11 is 0. The maximum Gasteiger partial charge on any atom is 0.260 e. The van der Waals surface area contributed by atoms with E-state index in [4.69, 9.17) is 0 Å². The van der Waals surface area contributed by atoms with Gasteiger partial charge in [-0.3, -0.25) is 14.5 Å². The summed E-state index contributed by atoms with van der Waals surface area (Å²) in [4.78, 5) is 22.9. The number of hydrogen-bond donors (Lipinski definition) is 1. The molecule has 0 aliphatic carbocycles. The molecule has 0 bridgehead atoms. The average molecular weight is 157 g/mol. The van der Waals surface area contributed by atoms with E-state index in [2.05, 4.69) is 0 Å². The Hall–Kier alpha value is -0.900. The molecule has 1 aliphatic rings. The van der Waals surface area contributed by atoms with E-state index in [1.54, 1.807) is 0 Å². The minimum Gasteiger partial charge on any atom is -0.380 e. The number of amides is 2. The van der Waals surface area contributed by atoms with Crippen molar-refractivity contribution in [2.45, 2.75) is 25.9 Å². The monoisotopic (exact) mass is 157 g/mol. The summed E-state index contributed by atoms with van der Waals surface area (Å²) in [6.07, 6.45) is 0.339. The molecule has 0 saturated carbocycles. The Morgan fingerprint density at radius 2 is 2.27 bits per heavy atom. The zero-order chi connectivity index (χ0) is 8.65. The summed E-state index contributed by atoms with van der Waals surface area (Å²) in [6.45, 7) is 3.08. The first kappa shape index (κ1) is 8.20. The quantitative estimate of drug-likeness (QED) is 0.516. The first-order chi connectivity index (χ1) is 4.95. The molecule has 0 radical (unpaired) electrons. The number of likely N-dealkylation sites (tertiary alicyclic amines) is 1. The normalized spacial score (nSPS) is 31.2. The van der Waals surface area contributed by atoms with Gasteiger partial charge in [-0.1, -0.05) is 0 Å². The highest BCUT2D eigenvalue weighted by atomic mass is 16.3. The molecule has 0 spiro atoms. The number of rotatable bonds is 0. The standard InChI is InChI=1S/C7H11NO3/c1-5(9)8-4-3-7(2,11)6(8)10/h11H,3-4H2,1-2H3. The Morgan fingerprint density at radius 1 is 1.73 bits per heavy atom. The highest BCUT2D eigenvalue weighted by molar-refractivity contribution is 5.99. The molecule has 4 nitrogen and oxygen atoms in total. The molecule has 1 atom stereocenters. The lowest BCUT2D eigenvalue weighted by molar-refractivity contribution is -0.148. The van der Waals surface area contributed by atoms with Crippen LogP contribution in [0.1, 0.15) is 20.3 Å². The van der Waals surface area contributed by atoms with E-state index in [-0.39, 0.29) is 5.91 Å². The van der Waals surface area contributed by atoms with Crippen molar-refractivity contribution in [3.63, 3.8) is 0 Å². The van der Waals surface area contributed by atoms with E-state index in [1.165, 1.54) is 13.8 Å². The van der Waals surface area contributed by atoms with Gasteiger partial charge in [0.05, 0.1) is 0 Å². The van der Waals surface area contributed by atoms with E-state index in [0.29, 0.717) is 13.0 Å². The van der Waals surface area contributed by atoms with Crippen molar-refractivity contribution in [2.75, 3.05) is 6.54 Å². The number of aliphatic hydroxyl groups is 1. The number of carbonyl (C=O) groups excluding carboxylic acids is 2. The summed E-state index contributed by atoms with van der Waals surface area (Å²) in [5.74, 6) is -0.780. The lowest BCUT2D eigenvalue weighted by Crippen LogP contribution is -2.39. The van der Waals surface area contributed by atoms with Gasteiger partial charge in [-0.25, -0.2) is 0 Å². The number of hydrogen-bond acceptors (Lipinski definition) is 3. The van der Waals surface area contributed by atoms with Crippen LogP contribution in [0.3, 0.4) is 0 Å². The average Bonchev–Trinajstić information content (AvgIpc) is 2.09. The Labute approximate surface area is 64.8 Å². The fourth-order valence-electron chi connectivity index (χ4n) is 1.13. The third-order valence-electron chi connectivity index (χ3n) is 1.91. The fraction of sp³-hybridized carbons (Fsp3) is 0.714. The molecule has 62 valence electrons. The van der Waals surface area contributed by atoms with Crippen molar-refractivity contribution >= 4 is 11.8 Å². The first-order valence-electron chi connectivity index (χ1n) is 3.50. The van der Waals surface area contributed by atoms with Gasteiger partial charge in [0.15, 0.2) is 0 Å². The van der Waals surface area contributed by atoms with Gasteiger partial charge in [0, 0.05) is 19.9 Å². The van der Waals surface area contributed by atoms with E-state index in [9.17, 15) is 14.7 Å². The van der Waals surface area contributed by atoms with Crippen molar-refractivity contribution in [3.8, 4) is 0 Å². The van der Waals surface area contributed by atoms with Crippen LogP contribution in [0.15, 0.2) is 0 Å². The molecular formula is C7H11NO3. The summed E-state index contributed by atoms with van der Waals surface area (Å²) in [7, 11) is 0. The molecule has 11 heavy (non-hydrogen) atoms.